The third-order valence-electron chi connectivity index (χ3n) is 6.22. The summed E-state index contributed by atoms with van der Waals surface area (Å²) in [6.07, 6.45) is 6.19. The number of carbonyl (C=O) groups is 1. The minimum atomic E-state index is -3.53. The van der Waals surface area contributed by atoms with Gasteiger partial charge in [0, 0.05) is 39.8 Å². The van der Waals surface area contributed by atoms with Crippen LogP contribution in [0.5, 0.6) is 0 Å². The smallest absolute Gasteiger partial charge is 0.226 e. The van der Waals surface area contributed by atoms with Gasteiger partial charge in [0.1, 0.15) is 0 Å². The first-order chi connectivity index (χ1) is 13.3. The molecule has 3 rings (SSSR count). The molecule has 1 amide bonds. The van der Waals surface area contributed by atoms with Gasteiger partial charge in [-0.15, -0.1) is 0 Å². The average molecular weight is 408 g/mol. The number of sulfone groups is 1. The van der Waals surface area contributed by atoms with Gasteiger partial charge >= 0.3 is 0 Å². The van der Waals surface area contributed by atoms with Crippen LogP contribution in [0.15, 0.2) is 29.2 Å². The Kier molecular flexibility index (Phi) is 6.78. The Morgan fingerprint density at radius 2 is 1.89 bits per heavy atom. The first kappa shape index (κ1) is 21.3. The molecule has 0 unspecified atom stereocenters. The van der Waals surface area contributed by atoms with Crippen molar-refractivity contribution >= 4 is 15.7 Å². The zero-order valence-electron chi connectivity index (χ0n) is 17.0. The molecule has 2 fully saturated rings. The molecule has 2 atom stereocenters. The minimum Gasteiger partial charge on any atom is -0.349 e. The van der Waals surface area contributed by atoms with Crippen molar-refractivity contribution < 1.29 is 13.2 Å². The molecule has 6 nitrogen and oxygen atoms in total. The Bertz CT molecular complexity index is 788. The van der Waals surface area contributed by atoms with Crippen LogP contribution in [0.4, 0.5) is 0 Å². The number of nitrogens with two attached hydrogens (primary N) is 1. The lowest BCUT2D eigenvalue weighted by atomic mass is 9.89. The normalized spacial score (nSPS) is 24.8. The summed E-state index contributed by atoms with van der Waals surface area (Å²) in [6, 6.07) is 7.31. The Morgan fingerprint density at radius 1 is 1.18 bits per heavy atom. The van der Waals surface area contributed by atoms with E-state index in [2.05, 4.69) is 4.90 Å². The topological polar surface area (TPSA) is 83.7 Å². The number of hydrogen-bond donors (Lipinski definition) is 1. The highest BCUT2D eigenvalue weighted by molar-refractivity contribution is 7.92. The Morgan fingerprint density at radius 3 is 2.54 bits per heavy atom. The summed E-state index contributed by atoms with van der Waals surface area (Å²) in [7, 11) is -0.0340. The monoisotopic (exact) mass is 407 g/mol. The molecular weight excluding hydrogens is 374 g/mol. The van der Waals surface area contributed by atoms with Crippen LogP contribution >= 0.6 is 0 Å². The summed E-state index contributed by atoms with van der Waals surface area (Å²) in [5, 5.41) is -0.565. The highest BCUT2D eigenvalue weighted by Gasteiger charge is 2.41. The summed E-state index contributed by atoms with van der Waals surface area (Å²) < 4.78 is 26.9. The van der Waals surface area contributed by atoms with Gasteiger partial charge in [0.05, 0.1) is 16.1 Å². The first-order valence-corrected chi connectivity index (χ1v) is 11.9. The minimum absolute atomic E-state index is 0.0245. The Hall–Kier alpha value is -1.44. The van der Waals surface area contributed by atoms with E-state index in [0.717, 1.165) is 18.4 Å². The molecule has 156 valence electrons. The van der Waals surface area contributed by atoms with E-state index < -0.39 is 15.1 Å². The molecule has 28 heavy (non-hydrogen) atoms. The second-order valence-corrected chi connectivity index (χ2v) is 10.7. The van der Waals surface area contributed by atoms with Crippen molar-refractivity contribution in [2.45, 2.75) is 61.3 Å². The predicted octanol–water partition coefficient (Wildman–Crippen LogP) is 2.03. The summed E-state index contributed by atoms with van der Waals surface area (Å²) in [6.45, 7) is 1.48. The number of benzene rings is 1. The predicted molar refractivity (Wildman–Crippen MR) is 111 cm³/mol. The van der Waals surface area contributed by atoms with Crippen LogP contribution in [0.25, 0.3) is 0 Å². The molecule has 0 radical (unpaired) electrons. The average Bonchev–Trinajstić information content (AvgIpc) is 2.73. The summed E-state index contributed by atoms with van der Waals surface area (Å²) in [4.78, 5) is 16.9. The summed E-state index contributed by atoms with van der Waals surface area (Å²) in [5.74, 6) is -0.250. The molecule has 2 aliphatic rings. The van der Waals surface area contributed by atoms with Crippen molar-refractivity contribution in [2.24, 2.45) is 11.7 Å². The molecule has 0 spiro atoms. The molecule has 1 saturated heterocycles. The quantitative estimate of drug-likeness (QED) is 0.807. The van der Waals surface area contributed by atoms with Crippen molar-refractivity contribution in [3.63, 3.8) is 0 Å². The molecule has 0 bridgehead atoms. The second kappa shape index (κ2) is 8.93. The van der Waals surface area contributed by atoms with Crippen molar-refractivity contribution in [1.82, 2.24) is 9.80 Å². The lowest BCUT2D eigenvalue weighted by Crippen LogP contribution is -2.53. The zero-order valence-corrected chi connectivity index (χ0v) is 17.8. The molecule has 1 saturated carbocycles. The van der Waals surface area contributed by atoms with Gasteiger partial charge in [-0.25, -0.2) is 8.42 Å². The van der Waals surface area contributed by atoms with E-state index in [1.807, 2.05) is 6.07 Å². The van der Waals surface area contributed by atoms with Gasteiger partial charge in [-0.05, 0) is 37.0 Å². The number of rotatable bonds is 5. The van der Waals surface area contributed by atoms with Crippen LogP contribution in [-0.2, 0) is 21.2 Å². The van der Waals surface area contributed by atoms with Gasteiger partial charge < -0.3 is 10.6 Å². The van der Waals surface area contributed by atoms with E-state index in [0.29, 0.717) is 37.0 Å². The van der Waals surface area contributed by atoms with E-state index in [1.54, 1.807) is 37.2 Å². The van der Waals surface area contributed by atoms with Crippen molar-refractivity contribution in [1.29, 1.82) is 0 Å². The molecule has 1 aromatic carbocycles. The molecular formula is C21H33N3O3S. The fourth-order valence-corrected chi connectivity index (χ4v) is 6.48. The lowest BCUT2D eigenvalue weighted by molar-refractivity contribution is -0.135. The number of likely N-dealkylation sites (tertiary alicyclic amines) is 1. The maximum atomic E-state index is 13.4. The van der Waals surface area contributed by atoms with Crippen molar-refractivity contribution in [2.75, 3.05) is 27.2 Å². The van der Waals surface area contributed by atoms with Gasteiger partial charge in [-0.3, -0.25) is 9.69 Å². The first-order valence-electron chi connectivity index (χ1n) is 10.3. The third-order valence-corrected chi connectivity index (χ3v) is 8.35. The zero-order chi connectivity index (χ0) is 20.3. The van der Waals surface area contributed by atoms with Gasteiger partial charge in [0.15, 0.2) is 9.84 Å². The maximum absolute atomic E-state index is 13.4. The van der Waals surface area contributed by atoms with E-state index in [-0.39, 0.29) is 11.8 Å². The van der Waals surface area contributed by atoms with E-state index in [4.69, 9.17) is 5.73 Å². The van der Waals surface area contributed by atoms with Gasteiger partial charge in [-0.1, -0.05) is 31.4 Å². The Balaban J connectivity index is 1.89. The Labute approximate surface area is 169 Å². The number of carbonyl (C=O) groups excluding carboxylic acids is 1. The fraction of sp³-hybridized carbons (Fsp3) is 0.667. The highest BCUT2D eigenvalue weighted by Crippen LogP contribution is 2.32. The molecule has 7 heteroatoms. The van der Waals surface area contributed by atoms with Gasteiger partial charge in [0.2, 0.25) is 5.91 Å². The molecule has 0 aromatic heterocycles. The summed E-state index contributed by atoms with van der Waals surface area (Å²) in [5.41, 5.74) is 6.51. The van der Waals surface area contributed by atoms with Gasteiger partial charge in [-0.2, -0.15) is 0 Å². The van der Waals surface area contributed by atoms with Crippen molar-refractivity contribution in [3.8, 4) is 0 Å². The van der Waals surface area contributed by atoms with Crippen LogP contribution in [-0.4, -0.2) is 62.6 Å². The number of hydrogen-bond acceptors (Lipinski definition) is 5. The van der Waals surface area contributed by atoms with Crippen LogP contribution in [0.2, 0.25) is 0 Å². The number of piperidine rings is 1. The number of nitrogens with zero attached hydrogens (tertiary/aromatic N) is 2. The highest BCUT2D eigenvalue weighted by atomic mass is 32.2. The van der Waals surface area contributed by atoms with Crippen LogP contribution in [0.3, 0.4) is 0 Å². The molecule has 2 N–H and O–H groups in total. The lowest BCUT2D eigenvalue weighted by Gasteiger charge is -2.43. The maximum Gasteiger partial charge on any atom is 0.226 e. The molecule has 1 aliphatic heterocycles. The van der Waals surface area contributed by atoms with Crippen LogP contribution < -0.4 is 5.73 Å². The van der Waals surface area contributed by atoms with Gasteiger partial charge in [0.25, 0.3) is 0 Å². The van der Waals surface area contributed by atoms with E-state index in [9.17, 15) is 13.2 Å². The standard InChI is InChI=1S/C21H33N3O3S/c1-23(2)21(25)17-12-20(15-24(14-17)18-8-4-3-5-9-18)28(26,27)19-10-6-7-16(11-19)13-22/h6-7,10-11,17-18,20H,3-5,8-9,12-15,22H2,1-2H3/t17-,20-/m0/s1. The third kappa shape index (κ3) is 4.58. The second-order valence-electron chi connectivity index (χ2n) is 8.43. The van der Waals surface area contributed by atoms with Crippen LogP contribution in [0, 0.1) is 5.92 Å². The molecule has 1 heterocycles. The molecule has 1 aliphatic carbocycles. The fourth-order valence-electron chi connectivity index (χ4n) is 4.64. The number of amides is 1. The summed E-state index contributed by atoms with van der Waals surface area (Å²) >= 11 is 0. The largest absolute Gasteiger partial charge is 0.349 e. The van der Waals surface area contributed by atoms with E-state index >= 15 is 0 Å². The SMILES string of the molecule is CN(C)C(=O)[C@H]1C[C@H](S(=O)(=O)c2cccc(CN)c2)CN(C2CCCCC2)C1. The van der Waals surface area contributed by atoms with E-state index in [1.165, 1.54) is 19.3 Å². The van der Waals surface area contributed by atoms with Crippen molar-refractivity contribution in [3.05, 3.63) is 29.8 Å². The molecule has 1 aromatic rings. The van der Waals surface area contributed by atoms with Crippen LogP contribution in [0.1, 0.15) is 44.1 Å².